The molecule has 0 amide bonds. The molecule has 0 fully saturated rings. The van der Waals surface area contributed by atoms with E-state index in [1.807, 2.05) is 27.7 Å². The molecule has 0 aromatic heterocycles. The molecule has 5 nitrogen and oxygen atoms in total. The molecule has 0 spiro atoms. The summed E-state index contributed by atoms with van der Waals surface area (Å²) in [5.41, 5.74) is -0.0667. The fourth-order valence-electron chi connectivity index (χ4n) is 0.465. The summed E-state index contributed by atoms with van der Waals surface area (Å²) in [4.78, 5) is 3.45. The summed E-state index contributed by atoms with van der Waals surface area (Å²) in [7, 11) is 0. The van der Waals surface area contributed by atoms with Gasteiger partial charge in [-0.3, -0.25) is 5.26 Å². The lowest BCUT2D eigenvalue weighted by Gasteiger charge is -2.22. The second kappa shape index (κ2) is 27.9. The number of ether oxygens (including phenoxy) is 1. The molecule has 6 heteroatoms. The van der Waals surface area contributed by atoms with Gasteiger partial charge in [0, 0.05) is 4.87 Å². The Hall–Kier alpha value is 0.0900. The molecule has 0 aliphatic heterocycles. The lowest BCUT2D eigenvalue weighted by molar-refractivity contribution is -0.246. The van der Waals surface area contributed by atoms with Gasteiger partial charge >= 0.3 is 0 Å². The summed E-state index contributed by atoms with van der Waals surface area (Å²) in [6, 6.07) is 0. The van der Waals surface area contributed by atoms with E-state index < -0.39 is 0 Å². The zero-order valence-corrected chi connectivity index (χ0v) is 14.5. The van der Waals surface area contributed by atoms with Crippen LogP contribution < -0.4 is 0 Å². The molecule has 0 radical (unpaired) electrons. The topological polar surface area (TPSA) is 79.2 Å². The van der Waals surface area contributed by atoms with Gasteiger partial charge < -0.3 is 14.9 Å². The number of rotatable bonds is 7. The number of aliphatic hydroxyl groups excluding tert-OH is 2. The second-order valence-electron chi connectivity index (χ2n) is 5.31. The fraction of sp³-hybridized carbons (Fsp3) is 1.00. The van der Waals surface area contributed by atoms with E-state index in [-0.39, 0.29) is 60.0 Å². The fourth-order valence-corrected chi connectivity index (χ4v) is 0.465. The minimum atomic E-state index is -0.128. The van der Waals surface area contributed by atoms with E-state index in [0.717, 1.165) is 12.8 Å². The lowest BCUT2D eigenvalue weighted by atomic mass is 10.1. The molecule has 0 aromatic rings. The molecule has 0 aliphatic carbocycles. The van der Waals surface area contributed by atoms with Crippen molar-refractivity contribution in [1.29, 1.82) is 0 Å². The van der Waals surface area contributed by atoms with Crippen LogP contribution >= 0.6 is 11.6 Å². The zero-order valence-electron chi connectivity index (χ0n) is 13.8. The van der Waals surface area contributed by atoms with E-state index in [2.05, 4.69) is 18.7 Å². The number of aliphatic hydroxyl groups is 2. The Morgan fingerprint density at radius 2 is 1.12 bits per heavy atom. The van der Waals surface area contributed by atoms with Gasteiger partial charge in [-0.05, 0) is 40.5 Å². The van der Waals surface area contributed by atoms with Crippen molar-refractivity contribution in [3.63, 3.8) is 0 Å². The summed E-state index contributed by atoms with van der Waals surface area (Å²) in [6.45, 7) is 12.6. The molecule has 158 valence electrons. The second-order valence-corrected chi connectivity index (χ2v) is 6.34. The van der Waals surface area contributed by atoms with Gasteiger partial charge in [0.15, 0.2) is 0 Å². The molecular weight excluding hydrogens is 332 g/mol. The van der Waals surface area contributed by atoms with Gasteiger partial charge in [-0.15, -0.1) is 11.6 Å². The van der Waals surface area contributed by atoms with Crippen molar-refractivity contribution >= 4 is 11.6 Å². The van der Waals surface area contributed by atoms with Crippen LogP contribution in [-0.4, -0.2) is 52.4 Å². The molecule has 0 saturated carbocycles. The van der Waals surface area contributed by atoms with Crippen LogP contribution in [0.15, 0.2) is 0 Å². The van der Waals surface area contributed by atoms with Crippen LogP contribution in [0.5, 0.6) is 0 Å². The van der Waals surface area contributed by atoms with E-state index in [1.54, 1.807) is 0 Å². The first-order valence-corrected chi connectivity index (χ1v) is 7.28. The maximum Gasteiger partial charge on any atom is 0.105 e. The average molecular weight is 381 g/mol. The van der Waals surface area contributed by atoms with Gasteiger partial charge in [0.05, 0.1) is 25.4 Å². The number of hydrogen-bond acceptors (Lipinski definition) is 5. The highest BCUT2D eigenvalue weighted by molar-refractivity contribution is 6.23. The number of halogens is 1. The van der Waals surface area contributed by atoms with E-state index in [0.29, 0.717) is 6.61 Å². The van der Waals surface area contributed by atoms with Gasteiger partial charge in [0.25, 0.3) is 0 Å². The predicted molar refractivity (Wildman–Crippen MR) is 110 cm³/mol. The van der Waals surface area contributed by atoms with Crippen LogP contribution in [0.3, 0.4) is 0 Å². The first-order chi connectivity index (χ1) is 9.10. The Bertz CT molecular complexity index is 181. The smallest absolute Gasteiger partial charge is 0.105 e. The van der Waals surface area contributed by atoms with E-state index >= 15 is 0 Å². The van der Waals surface area contributed by atoms with Crippen LogP contribution in [0.1, 0.15) is 84.1 Å². The summed E-state index contributed by atoms with van der Waals surface area (Å²) in [5, 5.41) is 23.6. The largest absolute Gasteiger partial charge is 0.394 e. The highest BCUT2D eigenvalue weighted by Crippen LogP contribution is 2.15. The molecule has 0 aliphatic rings. The van der Waals surface area contributed by atoms with Crippen molar-refractivity contribution in [1.82, 2.24) is 0 Å². The van der Waals surface area contributed by atoms with Crippen molar-refractivity contribution < 1.29 is 25.1 Å². The monoisotopic (exact) mass is 380 g/mol. The molecular formula is C18H49ClO5. The molecule has 0 atom stereocenters. The van der Waals surface area contributed by atoms with Crippen molar-refractivity contribution in [3.05, 3.63) is 0 Å². The molecule has 0 bridgehead atoms. The normalized spacial score (nSPS) is 9.25. The van der Waals surface area contributed by atoms with E-state index in [1.165, 1.54) is 0 Å². The molecule has 3 N–H and O–H groups in total. The van der Waals surface area contributed by atoms with Crippen molar-refractivity contribution in [3.8, 4) is 0 Å². The molecule has 0 aromatic carbocycles. The van der Waals surface area contributed by atoms with Gasteiger partial charge in [0.2, 0.25) is 0 Å². The Balaban J connectivity index is -0.0000000347. The first-order valence-electron chi connectivity index (χ1n) is 6.91. The average Bonchev–Trinajstić information content (AvgIpc) is 2.38. The maximum atomic E-state index is 8.40. The molecule has 0 unspecified atom stereocenters. The lowest BCUT2D eigenvalue weighted by Crippen LogP contribution is -2.24. The molecule has 0 heterocycles. The minimum absolute atomic E-state index is 0. The Kier molecular flexibility index (Phi) is 51.1. The Morgan fingerprint density at radius 3 is 1.25 bits per heavy atom. The predicted octanol–water partition coefficient (Wildman–Crippen LogP) is 5.61. The summed E-state index contributed by atoms with van der Waals surface area (Å²) < 4.78 is 5.28. The summed E-state index contributed by atoms with van der Waals surface area (Å²) >= 11 is 5.72. The Labute approximate surface area is 158 Å². The number of alkyl halides is 1. The molecule has 0 saturated heterocycles. The maximum absolute atomic E-state index is 8.40. The van der Waals surface area contributed by atoms with Crippen LogP contribution in [0.4, 0.5) is 0 Å². The minimum Gasteiger partial charge on any atom is -0.394 e. The Morgan fingerprint density at radius 1 is 0.792 bits per heavy atom. The van der Waals surface area contributed by atoms with Crippen LogP contribution in [0.25, 0.3) is 0 Å². The third-order valence-corrected chi connectivity index (χ3v) is 2.73. The highest BCUT2D eigenvalue weighted by Gasteiger charge is 2.13. The third-order valence-electron chi connectivity index (χ3n) is 2.46. The standard InChI is InChI=1S/C7H16O2.C5H11Cl.C2H6O3.4CH4/c1-4-7(2,3)9-6-5-8;1-4-5(2,3)6;3-1-2-5-4;;;;/h8H,4-6H2,1-3H3;4H2,1-3H3;3-4H,1-2H2;4*1H4. The summed E-state index contributed by atoms with van der Waals surface area (Å²) in [5.74, 6) is 0. The van der Waals surface area contributed by atoms with Crippen molar-refractivity contribution in [2.45, 2.75) is 94.6 Å². The van der Waals surface area contributed by atoms with Crippen LogP contribution in [0.2, 0.25) is 0 Å². The molecule has 0 rings (SSSR count). The quantitative estimate of drug-likeness (QED) is 0.304. The van der Waals surface area contributed by atoms with Crippen molar-refractivity contribution in [2.24, 2.45) is 0 Å². The van der Waals surface area contributed by atoms with E-state index in [4.69, 9.17) is 31.8 Å². The summed E-state index contributed by atoms with van der Waals surface area (Å²) in [6.07, 6.45) is 2.02. The number of hydrogen-bond donors (Lipinski definition) is 3. The van der Waals surface area contributed by atoms with Crippen LogP contribution in [0, 0.1) is 0 Å². The van der Waals surface area contributed by atoms with Gasteiger partial charge in [-0.25, -0.2) is 4.89 Å². The SMILES string of the molecule is C.C.C.C.CCC(C)(C)Cl.CCC(C)(C)OCCO.OCCOO. The third kappa shape index (κ3) is 57.3. The van der Waals surface area contributed by atoms with Gasteiger partial charge in [0.1, 0.15) is 6.61 Å². The van der Waals surface area contributed by atoms with E-state index in [9.17, 15) is 0 Å². The zero-order chi connectivity index (χ0) is 16.7. The first kappa shape index (κ1) is 44.0. The highest BCUT2D eigenvalue weighted by atomic mass is 35.5. The van der Waals surface area contributed by atoms with Gasteiger partial charge in [-0.2, -0.15) is 0 Å². The van der Waals surface area contributed by atoms with Crippen LogP contribution in [-0.2, 0) is 9.62 Å². The van der Waals surface area contributed by atoms with Crippen molar-refractivity contribution in [2.75, 3.05) is 26.4 Å². The molecule has 24 heavy (non-hydrogen) atoms. The van der Waals surface area contributed by atoms with Gasteiger partial charge in [-0.1, -0.05) is 43.6 Å².